The Morgan fingerprint density at radius 1 is 0.971 bits per heavy atom. The highest BCUT2D eigenvalue weighted by Gasteiger charge is 2.19. The topological polar surface area (TPSA) is 101 Å². The molecule has 0 saturated carbocycles. The molecule has 0 bridgehead atoms. The number of fused-ring (bicyclic) bond motifs is 1. The highest BCUT2D eigenvalue weighted by atomic mass is 35.5. The molecule has 0 saturated heterocycles. The van der Waals surface area contributed by atoms with Gasteiger partial charge in [0.2, 0.25) is 5.95 Å². The Morgan fingerprint density at radius 3 is 2.35 bits per heavy atom. The Bertz CT molecular complexity index is 1500. The second-order valence-corrected chi connectivity index (χ2v) is 8.28. The molecular formula is C24H16ClN7OS. The van der Waals surface area contributed by atoms with E-state index in [0.29, 0.717) is 44.5 Å². The normalized spacial score (nSPS) is 10.7. The van der Waals surface area contributed by atoms with Gasteiger partial charge >= 0.3 is 0 Å². The first-order valence-electron chi connectivity index (χ1n) is 10.1. The number of hydrogen-bond donors (Lipinski definition) is 1. The van der Waals surface area contributed by atoms with Crippen molar-refractivity contribution in [2.75, 3.05) is 11.6 Å². The monoisotopic (exact) mass is 485 g/mol. The minimum atomic E-state index is 0.354. The van der Waals surface area contributed by atoms with Gasteiger partial charge in [0.15, 0.2) is 0 Å². The van der Waals surface area contributed by atoms with Gasteiger partial charge in [-0.2, -0.15) is 14.8 Å². The van der Waals surface area contributed by atoms with E-state index in [1.807, 2.05) is 42.7 Å². The molecule has 1 N–H and O–H groups in total. The van der Waals surface area contributed by atoms with Crippen LogP contribution in [0.25, 0.3) is 17.0 Å². The third kappa shape index (κ3) is 4.37. The summed E-state index contributed by atoms with van der Waals surface area (Å²) in [6.45, 7) is 0. The van der Waals surface area contributed by atoms with Crippen molar-refractivity contribution in [3.63, 3.8) is 0 Å². The van der Waals surface area contributed by atoms with Crippen molar-refractivity contribution in [1.82, 2.24) is 24.6 Å². The number of pyridine rings is 1. The van der Waals surface area contributed by atoms with E-state index in [1.165, 1.54) is 11.8 Å². The van der Waals surface area contributed by atoms with Crippen LogP contribution in [0.2, 0.25) is 5.02 Å². The highest BCUT2D eigenvalue weighted by molar-refractivity contribution is 7.98. The van der Waals surface area contributed by atoms with Crippen LogP contribution < -0.4 is 10.1 Å². The molecule has 0 aliphatic heterocycles. The standard InChI is InChI=1S/C24H16ClN7OS/c1-34-22-20(14-26)21(15-2-4-16(25)5-3-15)32-24(29-22)30-23(31-32)28-17-6-8-18(9-7-17)33-19-10-12-27-13-11-19/h2-13H,1H3,(H,28,31). The quantitative estimate of drug-likeness (QED) is 0.232. The Labute approximate surface area is 204 Å². The average Bonchev–Trinajstić information content (AvgIpc) is 3.27. The molecule has 0 aliphatic carbocycles. The van der Waals surface area contributed by atoms with E-state index in [-0.39, 0.29) is 0 Å². The van der Waals surface area contributed by atoms with E-state index < -0.39 is 0 Å². The first kappa shape index (κ1) is 21.7. The summed E-state index contributed by atoms with van der Waals surface area (Å²) in [6, 6.07) is 20.5. The summed E-state index contributed by atoms with van der Waals surface area (Å²) in [7, 11) is 0. The van der Waals surface area contributed by atoms with Crippen LogP contribution >= 0.6 is 23.4 Å². The van der Waals surface area contributed by atoms with Gasteiger partial charge in [-0.05, 0) is 54.8 Å². The summed E-state index contributed by atoms with van der Waals surface area (Å²) < 4.78 is 7.37. The molecule has 166 valence electrons. The van der Waals surface area contributed by atoms with Crippen molar-refractivity contribution >= 4 is 40.8 Å². The number of rotatable bonds is 6. The smallest absolute Gasteiger partial charge is 0.255 e. The van der Waals surface area contributed by atoms with E-state index in [4.69, 9.17) is 16.3 Å². The van der Waals surface area contributed by atoms with Crippen LogP contribution in [0.1, 0.15) is 5.56 Å². The predicted octanol–water partition coefficient (Wildman–Crippen LogP) is 5.97. The Balaban J connectivity index is 1.49. The number of ether oxygens (including phenoxy) is 1. The van der Waals surface area contributed by atoms with Gasteiger partial charge in [0.05, 0.1) is 5.69 Å². The second kappa shape index (κ2) is 9.39. The molecule has 2 aromatic carbocycles. The van der Waals surface area contributed by atoms with Gasteiger partial charge in [-0.15, -0.1) is 16.9 Å². The molecule has 5 rings (SSSR count). The van der Waals surface area contributed by atoms with E-state index in [1.54, 1.807) is 41.2 Å². The van der Waals surface area contributed by atoms with Crippen molar-refractivity contribution < 1.29 is 4.74 Å². The van der Waals surface area contributed by atoms with Crippen LogP contribution in [0.3, 0.4) is 0 Å². The zero-order chi connectivity index (χ0) is 23.5. The molecule has 34 heavy (non-hydrogen) atoms. The summed E-state index contributed by atoms with van der Waals surface area (Å²) in [5.74, 6) is 2.13. The van der Waals surface area contributed by atoms with Crippen LogP contribution in [0.4, 0.5) is 11.6 Å². The zero-order valence-corrected chi connectivity index (χ0v) is 19.4. The van der Waals surface area contributed by atoms with Gasteiger partial charge in [0.1, 0.15) is 28.2 Å². The first-order valence-corrected chi connectivity index (χ1v) is 11.7. The fraction of sp³-hybridized carbons (Fsp3) is 0.0417. The molecule has 0 atom stereocenters. The zero-order valence-electron chi connectivity index (χ0n) is 17.8. The number of thioether (sulfide) groups is 1. The van der Waals surface area contributed by atoms with Crippen LogP contribution in [0.15, 0.2) is 78.1 Å². The van der Waals surface area contributed by atoms with Crippen molar-refractivity contribution in [1.29, 1.82) is 5.26 Å². The van der Waals surface area contributed by atoms with Crippen molar-refractivity contribution in [2.45, 2.75) is 5.03 Å². The molecule has 0 radical (unpaired) electrons. The van der Waals surface area contributed by atoms with E-state index >= 15 is 0 Å². The van der Waals surface area contributed by atoms with Crippen LogP contribution in [-0.4, -0.2) is 30.8 Å². The summed E-state index contributed by atoms with van der Waals surface area (Å²) >= 11 is 7.45. The lowest BCUT2D eigenvalue weighted by atomic mass is 10.1. The molecule has 0 spiro atoms. The first-order chi connectivity index (χ1) is 16.6. The minimum Gasteiger partial charge on any atom is -0.457 e. The number of nitriles is 1. The minimum absolute atomic E-state index is 0.354. The molecule has 10 heteroatoms. The van der Waals surface area contributed by atoms with Gasteiger partial charge in [-0.3, -0.25) is 4.98 Å². The van der Waals surface area contributed by atoms with Gasteiger partial charge in [0.25, 0.3) is 5.78 Å². The van der Waals surface area contributed by atoms with Gasteiger partial charge in [-0.25, -0.2) is 4.98 Å². The average molecular weight is 486 g/mol. The summed E-state index contributed by atoms with van der Waals surface area (Å²) in [5, 5.41) is 18.8. The summed E-state index contributed by atoms with van der Waals surface area (Å²) in [6.07, 6.45) is 5.22. The number of hydrogen-bond acceptors (Lipinski definition) is 8. The maximum absolute atomic E-state index is 9.86. The van der Waals surface area contributed by atoms with Crippen molar-refractivity contribution in [3.05, 3.63) is 83.6 Å². The van der Waals surface area contributed by atoms with E-state index in [2.05, 4.69) is 31.4 Å². The SMILES string of the molecule is CSc1nc2nc(Nc3ccc(Oc4ccncc4)cc3)nn2c(-c2ccc(Cl)cc2)c1C#N. The third-order valence-electron chi connectivity index (χ3n) is 4.87. The van der Waals surface area contributed by atoms with Crippen molar-refractivity contribution in [3.8, 4) is 28.8 Å². The molecule has 0 fully saturated rings. The molecule has 5 aromatic rings. The lowest BCUT2D eigenvalue weighted by molar-refractivity contribution is 0.482. The lowest BCUT2D eigenvalue weighted by Gasteiger charge is -2.09. The second-order valence-electron chi connectivity index (χ2n) is 7.04. The number of nitrogens with zero attached hydrogens (tertiary/aromatic N) is 6. The van der Waals surface area contributed by atoms with Gasteiger partial charge in [-0.1, -0.05) is 23.7 Å². The molecule has 3 heterocycles. The number of benzene rings is 2. The Morgan fingerprint density at radius 2 is 1.68 bits per heavy atom. The highest BCUT2D eigenvalue weighted by Crippen LogP contribution is 2.31. The summed E-state index contributed by atoms with van der Waals surface area (Å²) in [4.78, 5) is 13.0. The van der Waals surface area contributed by atoms with Gasteiger partial charge < -0.3 is 10.1 Å². The van der Waals surface area contributed by atoms with Crippen LogP contribution in [-0.2, 0) is 0 Å². The fourth-order valence-electron chi connectivity index (χ4n) is 3.33. The van der Waals surface area contributed by atoms with E-state index in [9.17, 15) is 5.26 Å². The molecule has 3 aromatic heterocycles. The fourth-order valence-corrected chi connectivity index (χ4v) is 3.98. The van der Waals surface area contributed by atoms with Crippen molar-refractivity contribution in [2.24, 2.45) is 0 Å². The lowest BCUT2D eigenvalue weighted by Crippen LogP contribution is -2.03. The number of aromatic nitrogens is 5. The Hall–Kier alpha value is -4.13. The molecule has 8 nitrogen and oxygen atoms in total. The number of nitrogens with one attached hydrogen (secondary N) is 1. The maximum Gasteiger partial charge on any atom is 0.255 e. The van der Waals surface area contributed by atoms with Gasteiger partial charge in [0, 0.05) is 28.7 Å². The largest absolute Gasteiger partial charge is 0.457 e. The third-order valence-corrected chi connectivity index (χ3v) is 5.81. The molecule has 0 amide bonds. The van der Waals surface area contributed by atoms with E-state index in [0.717, 1.165) is 11.3 Å². The Kier molecular flexibility index (Phi) is 5.99. The molecule has 0 aliphatic rings. The van der Waals surface area contributed by atoms with Crippen LogP contribution in [0.5, 0.6) is 11.5 Å². The predicted molar refractivity (Wildman–Crippen MR) is 132 cm³/mol. The summed E-state index contributed by atoms with van der Waals surface area (Å²) in [5.41, 5.74) is 2.60. The number of anilines is 2. The molecule has 0 unspecified atom stereocenters. The molecular weight excluding hydrogens is 470 g/mol. The maximum atomic E-state index is 9.86. The van der Waals surface area contributed by atoms with Crippen LogP contribution in [0, 0.1) is 11.3 Å². The number of halogens is 1.